The first-order valence-electron chi connectivity index (χ1n) is 4.97. The summed E-state index contributed by atoms with van der Waals surface area (Å²) in [6.45, 7) is 1.80. The number of hydrogen-bond donors (Lipinski definition) is 0. The Morgan fingerprint density at radius 2 is 2.00 bits per heavy atom. The van der Waals surface area contributed by atoms with E-state index < -0.39 is 11.6 Å². The van der Waals surface area contributed by atoms with Crippen molar-refractivity contribution in [3.63, 3.8) is 0 Å². The monoisotopic (exact) mass is 248 g/mol. The van der Waals surface area contributed by atoms with Crippen molar-refractivity contribution < 1.29 is 12.6 Å². The molecule has 0 spiro atoms. The maximum atomic E-state index is 13.8. The third-order valence-corrected chi connectivity index (χ3v) is 2.63. The highest BCUT2D eigenvalue weighted by molar-refractivity contribution is 6.00. The van der Waals surface area contributed by atoms with E-state index in [1.807, 2.05) is 0 Å². The molecule has 0 bridgehead atoms. The fourth-order valence-electron chi connectivity index (χ4n) is 1.59. The van der Waals surface area contributed by atoms with Crippen LogP contribution >= 0.6 is 0 Å². The summed E-state index contributed by atoms with van der Waals surface area (Å²) in [5, 5.41) is 0. The van der Waals surface area contributed by atoms with Gasteiger partial charge in [-0.1, -0.05) is 6.07 Å². The van der Waals surface area contributed by atoms with Crippen molar-refractivity contribution in [2.45, 2.75) is 6.92 Å². The lowest BCUT2D eigenvalue weighted by molar-refractivity contribution is 0.554. The fourth-order valence-corrected chi connectivity index (χ4v) is 1.82. The van der Waals surface area contributed by atoms with Gasteiger partial charge >= 0.3 is 16.6 Å². The normalized spacial score (nSPS) is 10.3. The fraction of sp³-hybridized carbons (Fsp3) is 0.0833. The molecule has 2 nitrogen and oxygen atoms in total. The van der Waals surface area contributed by atoms with Crippen molar-refractivity contribution in [3.8, 4) is 17.0 Å². The van der Waals surface area contributed by atoms with Crippen LogP contribution in [0.1, 0.15) is 5.69 Å². The van der Waals surface area contributed by atoms with E-state index in [-0.39, 0.29) is 11.3 Å². The molecule has 2 aromatic rings. The number of aromatic nitrogens is 1. The molecule has 1 aromatic carbocycles. The van der Waals surface area contributed by atoms with Crippen LogP contribution in [0.25, 0.3) is 11.3 Å². The quantitative estimate of drug-likeness (QED) is 0.762. The first-order chi connectivity index (χ1) is 8.11. The van der Waals surface area contributed by atoms with E-state index in [1.54, 1.807) is 25.1 Å². The number of benzene rings is 1. The summed E-state index contributed by atoms with van der Waals surface area (Å²) in [6.07, 6.45) is 0. The Labute approximate surface area is 106 Å². The molecule has 0 aliphatic carbocycles. The Kier molecular flexibility index (Phi) is 3.41. The lowest BCUT2D eigenvalue weighted by Gasteiger charge is -2.11. The molecule has 5 heteroatoms. The van der Waals surface area contributed by atoms with E-state index in [2.05, 4.69) is 4.98 Å². The molecule has 0 aliphatic rings. The Morgan fingerprint density at radius 3 is 2.65 bits per heavy atom. The minimum atomic E-state index is -0.676. The van der Waals surface area contributed by atoms with E-state index in [0.29, 0.717) is 5.69 Å². The van der Waals surface area contributed by atoms with Crippen LogP contribution < -0.4 is 3.79 Å². The van der Waals surface area contributed by atoms with Gasteiger partial charge in [0.1, 0.15) is 11.6 Å². The zero-order valence-electron chi connectivity index (χ0n) is 9.21. The Balaban J connectivity index is 2.66. The first-order valence-corrected chi connectivity index (χ1v) is 5.54. The van der Waals surface area contributed by atoms with Crippen molar-refractivity contribution in [1.82, 2.24) is 4.98 Å². The zero-order valence-corrected chi connectivity index (χ0v) is 10.6. The molecule has 0 atom stereocenters. The van der Waals surface area contributed by atoms with Crippen molar-refractivity contribution in [2.24, 2.45) is 0 Å². The van der Waals surface area contributed by atoms with Crippen molar-refractivity contribution >= 4 is 16.6 Å². The predicted octanol–water partition coefficient (Wildman–Crippen LogP) is 2.53. The van der Waals surface area contributed by atoms with Crippen LogP contribution in [0, 0.1) is 18.6 Å². The molecule has 0 unspecified atom stereocenters. The number of nitrogens with zero attached hydrogens (tertiary/aromatic N) is 1. The summed E-state index contributed by atoms with van der Waals surface area (Å²) in [5.41, 5.74) is 1.38. The lowest BCUT2D eigenvalue weighted by atomic mass is 10.1. The topological polar surface area (TPSA) is 22.1 Å². The predicted molar refractivity (Wildman–Crippen MR) is 62.1 cm³/mol. The van der Waals surface area contributed by atoms with Crippen LogP contribution in [-0.2, 0) is 0 Å². The molecule has 0 N–H and O–H groups in total. The van der Waals surface area contributed by atoms with Gasteiger partial charge in [-0.15, -0.1) is 0 Å². The van der Waals surface area contributed by atoms with Gasteiger partial charge in [-0.2, -0.15) is 0 Å². The molecular weight excluding hydrogens is 239 g/mol. The van der Waals surface area contributed by atoms with Crippen LogP contribution in [0.2, 0.25) is 0 Å². The lowest BCUT2D eigenvalue weighted by Crippen LogP contribution is -1.97. The molecular formula is C12H9AlF2NO. The third kappa shape index (κ3) is 2.46. The summed E-state index contributed by atoms with van der Waals surface area (Å²) in [5.74, 6) is -1.19. The van der Waals surface area contributed by atoms with Gasteiger partial charge in [0.05, 0.1) is 17.0 Å². The standard InChI is InChI=1S/C12H9F2NO.Al.H/c1-7-3-2-4-10(15-7)12-9(14)5-8(13)6-11(12)16;;/h2-6,16H,1H3;;/q;+1;/p-1. The number of rotatable bonds is 2. The van der Waals surface area contributed by atoms with Gasteiger partial charge in [0.25, 0.3) is 0 Å². The van der Waals surface area contributed by atoms with Gasteiger partial charge in [0, 0.05) is 17.8 Å². The van der Waals surface area contributed by atoms with E-state index in [4.69, 9.17) is 3.79 Å². The zero-order chi connectivity index (χ0) is 12.4. The molecule has 0 amide bonds. The second-order valence-corrected chi connectivity index (χ2v) is 3.86. The average Bonchev–Trinajstić information content (AvgIpc) is 2.27. The molecule has 1 heterocycles. The van der Waals surface area contributed by atoms with Gasteiger partial charge in [-0.3, -0.25) is 4.98 Å². The smallest absolute Gasteiger partial charge is 0.494 e. The van der Waals surface area contributed by atoms with Crippen LogP contribution in [0.4, 0.5) is 8.78 Å². The molecule has 2 rings (SSSR count). The Morgan fingerprint density at radius 1 is 1.24 bits per heavy atom. The molecule has 85 valence electrons. The molecule has 1 aromatic heterocycles. The van der Waals surface area contributed by atoms with Crippen LogP contribution in [0.15, 0.2) is 30.3 Å². The molecule has 0 aliphatic heterocycles. The molecule has 0 fully saturated rings. The summed E-state index contributed by atoms with van der Waals surface area (Å²) in [7, 11) is 0. The average molecular weight is 248 g/mol. The van der Waals surface area contributed by atoms with E-state index in [9.17, 15) is 8.78 Å². The minimum Gasteiger partial charge on any atom is -0.650 e. The van der Waals surface area contributed by atoms with Crippen molar-refractivity contribution in [2.75, 3.05) is 0 Å². The van der Waals surface area contributed by atoms with Gasteiger partial charge < -0.3 is 3.79 Å². The second-order valence-electron chi connectivity index (χ2n) is 3.57. The van der Waals surface area contributed by atoms with Crippen LogP contribution in [0.5, 0.6) is 5.75 Å². The third-order valence-electron chi connectivity index (χ3n) is 2.32. The largest absolute Gasteiger partial charge is 0.650 e. The molecule has 0 saturated heterocycles. The first kappa shape index (κ1) is 12.0. The maximum absolute atomic E-state index is 13.8. The molecule has 1 radical (unpaired) electrons. The van der Waals surface area contributed by atoms with Gasteiger partial charge in [0.15, 0.2) is 0 Å². The SMILES string of the molecule is Cc1cccc(-c2c(F)cc(F)cc2[O][AlH])n1. The van der Waals surface area contributed by atoms with Crippen LogP contribution in [0.3, 0.4) is 0 Å². The second kappa shape index (κ2) is 4.82. The minimum absolute atomic E-state index is 0.152. The van der Waals surface area contributed by atoms with E-state index in [0.717, 1.165) is 17.8 Å². The van der Waals surface area contributed by atoms with Gasteiger partial charge in [-0.05, 0) is 19.1 Å². The summed E-state index contributed by atoms with van der Waals surface area (Å²) < 4.78 is 31.8. The molecule has 17 heavy (non-hydrogen) atoms. The maximum Gasteiger partial charge on any atom is 0.494 e. The van der Waals surface area contributed by atoms with E-state index in [1.165, 1.54) is 16.6 Å². The summed E-state index contributed by atoms with van der Waals surface area (Å²) in [4.78, 5) is 4.20. The number of pyridine rings is 1. The summed E-state index contributed by atoms with van der Waals surface area (Å²) in [6, 6.07) is 7.21. The highest BCUT2D eigenvalue weighted by Gasteiger charge is 2.14. The highest BCUT2D eigenvalue weighted by Crippen LogP contribution is 2.32. The molecule has 0 saturated carbocycles. The van der Waals surface area contributed by atoms with Gasteiger partial charge in [0.2, 0.25) is 0 Å². The Hall–Kier alpha value is -1.44. The van der Waals surface area contributed by atoms with Crippen molar-refractivity contribution in [1.29, 1.82) is 0 Å². The summed E-state index contributed by atoms with van der Waals surface area (Å²) >= 11 is 1.17. The van der Waals surface area contributed by atoms with Gasteiger partial charge in [-0.25, -0.2) is 8.78 Å². The van der Waals surface area contributed by atoms with Crippen LogP contribution in [-0.4, -0.2) is 21.6 Å². The number of aryl methyl sites for hydroxylation is 1. The number of halogens is 2. The van der Waals surface area contributed by atoms with Crippen molar-refractivity contribution in [3.05, 3.63) is 47.7 Å². The Bertz CT molecular complexity index is 560. The highest BCUT2D eigenvalue weighted by atomic mass is 27.1. The van der Waals surface area contributed by atoms with E-state index >= 15 is 0 Å². The number of hydrogen-bond acceptors (Lipinski definition) is 2.